The van der Waals surface area contributed by atoms with Gasteiger partial charge in [-0.1, -0.05) is 54.1 Å². The van der Waals surface area contributed by atoms with Gasteiger partial charge < -0.3 is 5.11 Å². The van der Waals surface area contributed by atoms with Crippen molar-refractivity contribution < 1.29 is 5.11 Å². The minimum absolute atomic E-state index is 0.225. The zero-order chi connectivity index (χ0) is 19.3. The third-order valence-corrected chi connectivity index (χ3v) is 5.15. The average molecular weight is 406 g/mol. The van der Waals surface area contributed by atoms with E-state index >= 15 is 0 Å². The predicted molar refractivity (Wildman–Crippen MR) is 115 cm³/mol. The molecule has 4 rings (SSSR count). The highest BCUT2D eigenvalue weighted by Crippen LogP contribution is 2.26. The van der Waals surface area contributed by atoms with Crippen molar-refractivity contribution >= 4 is 29.2 Å². The van der Waals surface area contributed by atoms with Gasteiger partial charge in [-0.05, 0) is 42.0 Å². The summed E-state index contributed by atoms with van der Waals surface area (Å²) >= 11 is 7.40. The molecule has 1 aromatic heterocycles. The summed E-state index contributed by atoms with van der Waals surface area (Å²) in [5.41, 5.74) is 3.74. The van der Waals surface area contributed by atoms with Crippen LogP contribution in [0.5, 0.6) is 5.75 Å². The van der Waals surface area contributed by atoms with Crippen molar-refractivity contribution in [3.63, 3.8) is 0 Å². The Kier molecular flexibility index (Phi) is 5.37. The van der Waals surface area contributed by atoms with Gasteiger partial charge in [-0.15, -0.1) is 16.4 Å². The van der Waals surface area contributed by atoms with Gasteiger partial charge in [0.15, 0.2) is 0 Å². The number of phenols is 1. The van der Waals surface area contributed by atoms with Crippen LogP contribution in [0.4, 0.5) is 0 Å². The molecule has 138 valence electrons. The molecule has 4 nitrogen and oxygen atoms in total. The molecule has 0 spiro atoms. The minimum Gasteiger partial charge on any atom is -0.508 e. The summed E-state index contributed by atoms with van der Waals surface area (Å²) in [4.78, 5) is 0.731. The van der Waals surface area contributed by atoms with Crippen molar-refractivity contribution in [1.29, 1.82) is 0 Å². The Morgan fingerprint density at radius 3 is 2.46 bits per heavy atom. The van der Waals surface area contributed by atoms with Crippen LogP contribution in [0.25, 0.3) is 16.9 Å². The first-order chi connectivity index (χ1) is 13.7. The Morgan fingerprint density at radius 1 is 0.929 bits per heavy atom. The number of aromatic hydroxyl groups is 1. The van der Waals surface area contributed by atoms with Gasteiger partial charge in [0.1, 0.15) is 5.75 Å². The fourth-order valence-electron chi connectivity index (χ4n) is 2.77. The van der Waals surface area contributed by atoms with Crippen LogP contribution in [0.2, 0.25) is 5.02 Å². The molecule has 0 atom stereocenters. The number of para-hydroxylation sites is 1. The minimum atomic E-state index is 0.225. The monoisotopic (exact) mass is 405 g/mol. The van der Waals surface area contributed by atoms with Crippen LogP contribution < -0.4 is 4.80 Å². The molecule has 3 aromatic carbocycles. The van der Waals surface area contributed by atoms with Crippen molar-refractivity contribution in [2.45, 2.75) is 0 Å². The van der Waals surface area contributed by atoms with Gasteiger partial charge in [-0.25, -0.2) is 0 Å². The number of halogens is 1. The van der Waals surface area contributed by atoms with Crippen LogP contribution >= 0.6 is 22.9 Å². The summed E-state index contributed by atoms with van der Waals surface area (Å²) in [6.07, 6.45) is 1.69. The van der Waals surface area contributed by atoms with E-state index in [1.54, 1.807) is 18.3 Å². The van der Waals surface area contributed by atoms with Crippen molar-refractivity contribution in [3.05, 3.63) is 99.6 Å². The van der Waals surface area contributed by atoms with Crippen molar-refractivity contribution in [1.82, 2.24) is 4.57 Å². The number of hydrogen-bond donors (Lipinski definition) is 1. The molecule has 0 saturated heterocycles. The van der Waals surface area contributed by atoms with E-state index in [9.17, 15) is 5.11 Å². The molecule has 1 N–H and O–H groups in total. The number of phenolic OH excluding ortho intramolecular Hbond substituents is 1. The summed E-state index contributed by atoms with van der Waals surface area (Å²) < 4.78 is 2.03. The van der Waals surface area contributed by atoms with Crippen molar-refractivity contribution in [2.24, 2.45) is 10.2 Å². The Morgan fingerprint density at radius 2 is 1.71 bits per heavy atom. The van der Waals surface area contributed by atoms with E-state index in [2.05, 4.69) is 10.2 Å². The fourth-order valence-corrected chi connectivity index (χ4v) is 3.76. The second-order valence-corrected chi connectivity index (χ2v) is 7.29. The molecule has 6 heteroatoms. The van der Waals surface area contributed by atoms with E-state index in [0.29, 0.717) is 5.02 Å². The summed E-state index contributed by atoms with van der Waals surface area (Å²) in [7, 11) is 0. The maximum Gasteiger partial charge on any atom is 0.215 e. The summed E-state index contributed by atoms with van der Waals surface area (Å²) in [6, 6.07) is 24.6. The normalized spacial score (nSPS) is 12.0. The molecule has 4 aromatic rings. The summed E-state index contributed by atoms with van der Waals surface area (Å²) in [5, 5.41) is 21.2. The number of benzene rings is 3. The number of rotatable bonds is 4. The molecule has 0 fully saturated rings. The number of thiazole rings is 1. The van der Waals surface area contributed by atoms with Crippen LogP contribution in [0.3, 0.4) is 0 Å². The Balaban J connectivity index is 1.80. The van der Waals surface area contributed by atoms with Crippen molar-refractivity contribution in [2.75, 3.05) is 0 Å². The molecule has 0 aliphatic heterocycles. The first-order valence-electron chi connectivity index (χ1n) is 8.59. The van der Waals surface area contributed by atoms with Crippen LogP contribution in [0.1, 0.15) is 5.56 Å². The van der Waals surface area contributed by atoms with Crippen LogP contribution in [-0.4, -0.2) is 15.9 Å². The highest BCUT2D eigenvalue weighted by atomic mass is 35.5. The summed E-state index contributed by atoms with van der Waals surface area (Å²) in [6.45, 7) is 0. The molecular weight excluding hydrogens is 390 g/mol. The van der Waals surface area contributed by atoms with Gasteiger partial charge >= 0.3 is 0 Å². The molecule has 0 unspecified atom stereocenters. The highest BCUT2D eigenvalue weighted by molar-refractivity contribution is 7.07. The maximum atomic E-state index is 9.87. The number of hydrogen-bond acceptors (Lipinski definition) is 4. The quantitative estimate of drug-likeness (QED) is 0.353. The Bertz CT molecular complexity index is 1180. The first-order valence-corrected chi connectivity index (χ1v) is 9.84. The molecule has 0 bridgehead atoms. The van der Waals surface area contributed by atoms with Gasteiger partial charge in [-0.2, -0.15) is 5.10 Å². The lowest BCUT2D eigenvalue weighted by Gasteiger charge is -2.09. The summed E-state index contributed by atoms with van der Waals surface area (Å²) in [5.74, 6) is 0.225. The molecule has 0 aliphatic carbocycles. The molecule has 0 aliphatic rings. The zero-order valence-corrected chi connectivity index (χ0v) is 16.3. The average Bonchev–Trinajstić information content (AvgIpc) is 3.14. The standard InChI is InChI=1S/C22H16ClN3OS/c23-18-11-9-16(10-12-18)14-24-25-22-26(19-6-2-1-3-7-19)21(15-28-22)17-5-4-8-20(27)13-17/h1-15,27H. The Labute approximate surface area is 171 Å². The van der Waals surface area contributed by atoms with Crippen LogP contribution in [0.15, 0.2) is 94.4 Å². The maximum absolute atomic E-state index is 9.87. The van der Waals surface area contributed by atoms with Crippen LogP contribution in [0, 0.1) is 0 Å². The third kappa shape index (κ3) is 4.06. The SMILES string of the molecule is Oc1cccc(-c2csc(=NN=Cc3ccc(Cl)cc3)n2-c2ccccc2)c1. The molecule has 0 saturated carbocycles. The molecule has 28 heavy (non-hydrogen) atoms. The largest absolute Gasteiger partial charge is 0.508 e. The number of aromatic nitrogens is 1. The topological polar surface area (TPSA) is 49.9 Å². The van der Waals surface area contributed by atoms with Gasteiger partial charge in [0.2, 0.25) is 4.80 Å². The second kappa shape index (κ2) is 8.25. The van der Waals surface area contributed by atoms with E-state index in [4.69, 9.17) is 11.6 Å². The van der Waals surface area contributed by atoms with E-state index < -0.39 is 0 Å². The molecule has 0 radical (unpaired) electrons. The first kappa shape index (κ1) is 18.2. The smallest absolute Gasteiger partial charge is 0.215 e. The third-order valence-electron chi connectivity index (χ3n) is 4.08. The lowest BCUT2D eigenvalue weighted by molar-refractivity contribution is 0.475. The van der Waals surface area contributed by atoms with E-state index in [1.165, 1.54) is 11.3 Å². The lowest BCUT2D eigenvalue weighted by atomic mass is 10.1. The Hall–Kier alpha value is -3.15. The van der Waals surface area contributed by atoms with Crippen molar-refractivity contribution in [3.8, 4) is 22.7 Å². The molecule has 1 heterocycles. The predicted octanol–water partition coefficient (Wildman–Crippen LogP) is 5.50. The van der Waals surface area contributed by atoms with Gasteiger partial charge in [-0.3, -0.25) is 4.57 Å². The van der Waals surface area contributed by atoms with E-state index in [-0.39, 0.29) is 5.75 Å². The van der Waals surface area contributed by atoms with E-state index in [1.807, 2.05) is 76.7 Å². The molecule has 0 amide bonds. The zero-order valence-electron chi connectivity index (χ0n) is 14.7. The van der Waals surface area contributed by atoms with Gasteiger partial charge in [0.25, 0.3) is 0 Å². The van der Waals surface area contributed by atoms with E-state index in [0.717, 1.165) is 27.3 Å². The lowest BCUT2D eigenvalue weighted by Crippen LogP contribution is -2.13. The highest BCUT2D eigenvalue weighted by Gasteiger charge is 2.10. The van der Waals surface area contributed by atoms with Crippen LogP contribution in [-0.2, 0) is 0 Å². The second-order valence-electron chi connectivity index (χ2n) is 6.02. The molecular formula is C22H16ClN3OS. The number of nitrogens with zero attached hydrogens (tertiary/aromatic N) is 3. The fraction of sp³-hybridized carbons (Fsp3) is 0. The van der Waals surface area contributed by atoms with Gasteiger partial charge in [0.05, 0.1) is 11.9 Å². The van der Waals surface area contributed by atoms with Gasteiger partial charge in [0, 0.05) is 21.7 Å².